The van der Waals surface area contributed by atoms with Crippen LogP contribution >= 0.6 is 11.6 Å². The van der Waals surface area contributed by atoms with Crippen molar-refractivity contribution in [2.45, 2.75) is 18.9 Å². The van der Waals surface area contributed by atoms with Gasteiger partial charge in [0.25, 0.3) is 0 Å². The minimum Gasteiger partial charge on any atom is -0.496 e. The maximum Gasteiger partial charge on any atom is 0.330 e. The Morgan fingerprint density at radius 2 is 2.26 bits per heavy atom. The first-order chi connectivity index (χ1) is 11.0. The maximum atomic E-state index is 11.8. The first-order valence-electron chi connectivity index (χ1n) is 7.25. The molecule has 124 valence electrons. The van der Waals surface area contributed by atoms with E-state index >= 15 is 0 Å². The molecule has 0 aliphatic carbocycles. The summed E-state index contributed by atoms with van der Waals surface area (Å²) in [7, 11) is 1.54. The van der Waals surface area contributed by atoms with E-state index in [-0.39, 0.29) is 12.6 Å². The standard InChI is InChI=1S/C16H19ClN2O4/c1-22-14-6-5-12(17)9-11(14)4-7-15(20)23-10-13-3-2-8-19(13)16(18)21/h4-7,9,13H,2-3,8,10H2,1H3,(H2,18,21)/b7-4-/t13-/m1/s1. The Morgan fingerprint density at radius 1 is 1.48 bits per heavy atom. The minimum atomic E-state index is -0.497. The number of hydrogen-bond donors (Lipinski definition) is 1. The lowest BCUT2D eigenvalue weighted by Gasteiger charge is -2.21. The molecule has 1 fully saturated rings. The Labute approximate surface area is 139 Å². The number of benzene rings is 1. The van der Waals surface area contributed by atoms with E-state index < -0.39 is 12.0 Å². The van der Waals surface area contributed by atoms with Gasteiger partial charge in [-0.1, -0.05) is 11.6 Å². The van der Waals surface area contributed by atoms with E-state index in [1.807, 2.05) is 0 Å². The molecule has 1 atom stereocenters. The quantitative estimate of drug-likeness (QED) is 0.660. The normalized spacial score (nSPS) is 17.5. The Balaban J connectivity index is 1.92. The van der Waals surface area contributed by atoms with Gasteiger partial charge >= 0.3 is 12.0 Å². The molecule has 1 aliphatic heterocycles. The lowest BCUT2D eigenvalue weighted by molar-refractivity contribution is -0.138. The van der Waals surface area contributed by atoms with Gasteiger partial charge in [0, 0.05) is 23.2 Å². The molecular weight excluding hydrogens is 320 g/mol. The number of primary amides is 1. The number of likely N-dealkylation sites (tertiary alicyclic amines) is 1. The predicted octanol–water partition coefficient (Wildman–Crippen LogP) is 2.45. The summed E-state index contributed by atoms with van der Waals surface area (Å²) in [6, 6.07) is 4.48. The lowest BCUT2D eigenvalue weighted by atomic mass is 10.2. The fourth-order valence-corrected chi connectivity index (χ4v) is 2.70. The van der Waals surface area contributed by atoms with Gasteiger partial charge in [-0.25, -0.2) is 9.59 Å². The Bertz CT molecular complexity index is 618. The fourth-order valence-electron chi connectivity index (χ4n) is 2.52. The van der Waals surface area contributed by atoms with E-state index in [0.29, 0.717) is 22.9 Å². The van der Waals surface area contributed by atoms with Crippen molar-refractivity contribution in [1.82, 2.24) is 4.90 Å². The molecule has 7 heteroatoms. The number of ether oxygens (including phenoxy) is 2. The van der Waals surface area contributed by atoms with Crippen LogP contribution in [0.5, 0.6) is 5.75 Å². The smallest absolute Gasteiger partial charge is 0.330 e. The number of carbonyl (C=O) groups is 2. The summed E-state index contributed by atoms with van der Waals surface area (Å²) in [4.78, 5) is 24.6. The first kappa shape index (κ1) is 17.1. The first-order valence-corrected chi connectivity index (χ1v) is 7.63. The van der Waals surface area contributed by atoms with Crippen molar-refractivity contribution in [1.29, 1.82) is 0 Å². The van der Waals surface area contributed by atoms with Gasteiger partial charge in [-0.15, -0.1) is 0 Å². The molecule has 0 unspecified atom stereocenters. The highest BCUT2D eigenvalue weighted by molar-refractivity contribution is 6.30. The molecule has 1 heterocycles. The third kappa shape index (κ3) is 4.63. The largest absolute Gasteiger partial charge is 0.496 e. The molecule has 23 heavy (non-hydrogen) atoms. The van der Waals surface area contributed by atoms with E-state index in [4.69, 9.17) is 26.8 Å². The topological polar surface area (TPSA) is 81.9 Å². The van der Waals surface area contributed by atoms with Crippen LogP contribution in [0.1, 0.15) is 18.4 Å². The number of esters is 1. The van der Waals surface area contributed by atoms with Crippen LogP contribution in [0.4, 0.5) is 4.79 Å². The lowest BCUT2D eigenvalue weighted by Crippen LogP contribution is -2.41. The van der Waals surface area contributed by atoms with Gasteiger partial charge in [-0.05, 0) is 37.1 Å². The summed E-state index contributed by atoms with van der Waals surface area (Å²) in [5.74, 6) is 0.109. The van der Waals surface area contributed by atoms with Crippen LogP contribution < -0.4 is 10.5 Å². The van der Waals surface area contributed by atoms with Crippen molar-refractivity contribution >= 4 is 29.7 Å². The van der Waals surface area contributed by atoms with Gasteiger partial charge in [0.05, 0.1) is 13.2 Å². The number of halogens is 1. The van der Waals surface area contributed by atoms with E-state index in [1.165, 1.54) is 18.1 Å². The van der Waals surface area contributed by atoms with Gasteiger partial charge in [0.1, 0.15) is 12.4 Å². The van der Waals surface area contributed by atoms with Crippen molar-refractivity contribution in [3.63, 3.8) is 0 Å². The van der Waals surface area contributed by atoms with Crippen molar-refractivity contribution < 1.29 is 19.1 Å². The number of hydrogen-bond acceptors (Lipinski definition) is 4. The van der Waals surface area contributed by atoms with Gasteiger partial charge in [0.2, 0.25) is 0 Å². The summed E-state index contributed by atoms with van der Waals surface area (Å²) in [5, 5.41) is 0.543. The molecule has 2 amide bonds. The Hall–Kier alpha value is -2.21. The second-order valence-corrected chi connectivity index (χ2v) is 5.61. The number of methoxy groups -OCH3 is 1. The summed E-state index contributed by atoms with van der Waals surface area (Å²) < 4.78 is 10.4. The molecule has 0 bridgehead atoms. The summed E-state index contributed by atoms with van der Waals surface area (Å²) in [6.45, 7) is 0.742. The molecule has 1 aromatic carbocycles. The number of carbonyl (C=O) groups excluding carboxylic acids is 2. The third-order valence-electron chi connectivity index (χ3n) is 3.67. The minimum absolute atomic E-state index is 0.138. The number of amides is 2. The van der Waals surface area contributed by atoms with Gasteiger partial charge in [-0.3, -0.25) is 0 Å². The third-order valence-corrected chi connectivity index (χ3v) is 3.90. The molecule has 0 spiro atoms. The van der Waals surface area contributed by atoms with Crippen molar-refractivity contribution in [3.8, 4) is 5.75 Å². The van der Waals surface area contributed by atoms with E-state index in [0.717, 1.165) is 12.8 Å². The van der Waals surface area contributed by atoms with Crippen molar-refractivity contribution in [3.05, 3.63) is 34.9 Å². The molecule has 1 aromatic rings. The Morgan fingerprint density at radius 3 is 2.96 bits per heavy atom. The maximum absolute atomic E-state index is 11.8. The highest BCUT2D eigenvalue weighted by Crippen LogP contribution is 2.24. The van der Waals surface area contributed by atoms with Crippen molar-refractivity contribution in [2.24, 2.45) is 5.73 Å². The number of urea groups is 1. The van der Waals surface area contributed by atoms with E-state index in [1.54, 1.807) is 24.3 Å². The zero-order valence-corrected chi connectivity index (χ0v) is 13.6. The van der Waals surface area contributed by atoms with Crippen LogP contribution in [0.3, 0.4) is 0 Å². The second-order valence-electron chi connectivity index (χ2n) is 5.18. The monoisotopic (exact) mass is 338 g/mol. The molecule has 1 aliphatic rings. The van der Waals surface area contributed by atoms with Crippen LogP contribution in [-0.2, 0) is 9.53 Å². The second kappa shape index (κ2) is 7.87. The van der Waals surface area contributed by atoms with E-state index in [2.05, 4.69) is 0 Å². The van der Waals surface area contributed by atoms with E-state index in [9.17, 15) is 9.59 Å². The molecule has 2 N–H and O–H groups in total. The zero-order chi connectivity index (χ0) is 16.8. The van der Waals surface area contributed by atoms with Crippen molar-refractivity contribution in [2.75, 3.05) is 20.3 Å². The number of rotatable bonds is 5. The molecule has 0 aromatic heterocycles. The SMILES string of the molecule is COc1ccc(Cl)cc1/C=C\C(=O)OC[C@H]1CCCN1C(N)=O. The average molecular weight is 339 g/mol. The van der Waals surface area contributed by atoms with Gasteiger partial charge < -0.3 is 20.1 Å². The molecule has 0 radical (unpaired) electrons. The highest BCUT2D eigenvalue weighted by atomic mass is 35.5. The zero-order valence-electron chi connectivity index (χ0n) is 12.8. The van der Waals surface area contributed by atoms with Crippen LogP contribution in [0, 0.1) is 0 Å². The van der Waals surface area contributed by atoms with Crippen LogP contribution in [-0.4, -0.2) is 43.2 Å². The highest BCUT2D eigenvalue weighted by Gasteiger charge is 2.27. The molecular formula is C16H19ClN2O4. The van der Waals surface area contributed by atoms with Gasteiger partial charge in [0.15, 0.2) is 0 Å². The van der Waals surface area contributed by atoms with Crippen LogP contribution in [0.25, 0.3) is 6.08 Å². The summed E-state index contributed by atoms with van der Waals surface area (Å²) in [6.07, 6.45) is 4.52. The van der Waals surface area contributed by atoms with Crippen LogP contribution in [0.15, 0.2) is 24.3 Å². The Kier molecular flexibility index (Phi) is 5.87. The summed E-state index contributed by atoms with van der Waals surface area (Å²) >= 11 is 5.93. The number of nitrogens with zero attached hydrogens (tertiary/aromatic N) is 1. The fraction of sp³-hybridized carbons (Fsp3) is 0.375. The predicted molar refractivity (Wildman–Crippen MR) is 87.3 cm³/mol. The molecule has 6 nitrogen and oxygen atoms in total. The summed E-state index contributed by atoms with van der Waals surface area (Å²) in [5.41, 5.74) is 5.96. The van der Waals surface area contributed by atoms with Crippen LogP contribution in [0.2, 0.25) is 5.02 Å². The average Bonchev–Trinajstić information content (AvgIpc) is 3.00. The molecule has 1 saturated heterocycles. The molecule has 2 rings (SSSR count). The number of nitrogens with two attached hydrogens (primary N) is 1. The molecule has 0 saturated carbocycles. The van der Waals surface area contributed by atoms with Gasteiger partial charge in [-0.2, -0.15) is 0 Å².